The van der Waals surface area contributed by atoms with E-state index in [-0.39, 0.29) is 12.0 Å². The number of nitrogens with zero attached hydrogens (tertiary/aromatic N) is 1. The lowest BCUT2D eigenvalue weighted by Gasteiger charge is -2.18. The normalized spacial score (nSPS) is 13.5. The highest BCUT2D eigenvalue weighted by Gasteiger charge is 2.14. The summed E-state index contributed by atoms with van der Waals surface area (Å²) in [7, 11) is 0. The first-order valence-corrected chi connectivity index (χ1v) is 6.44. The maximum absolute atomic E-state index is 9.01. The number of nitrogens with two attached hydrogens (primary N) is 1. The number of hydrogen-bond acceptors (Lipinski definition) is 3. The van der Waals surface area contributed by atoms with Crippen LogP contribution >= 0.6 is 0 Å². The molecule has 2 rings (SSSR count). The number of nitrogens with one attached hydrogen (secondary N) is 1. The van der Waals surface area contributed by atoms with E-state index in [2.05, 4.69) is 55.0 Å². The minimum atomic E-state index is -0.456. The van der Waals surface area contributed by atoms with Gasteiger partial charge in [-0.1, -0.05) is 45.0 Å². The van der Waals surface area contributed by atoms with Crippen molar-refractivity contribution in [2.75, 3.05) is 6.61 Å². The van der Waals surface area contributed by atoms with Crippen molar-refractivity contribution < 1.29 is 5.11 Å². The summed E-state index contributed by atoms with van der Waals surface area (Å²) in [5.74, 6) is 0.609. The lowest BCUT2D eigenvalue weighted by molar-refractivity contribution is 0.264. The fourth-order valence-electron chi connectivity index (χ4n) is 1.91. The van der Waals surface area contributed by atoms with Crippen LogP contribution in [0.4, 0.5) is 0 Å². The zero-order chi connectivity index (χ0) is 14.0. The average Bonchev–Trinajstić information content (AvgIpc) is 2.86. The maximum Gasteiger partial charge on any atom is 0.125 e. The largest absolute Gasteiger partial charge is 0.394 e. The zero-order valence-corrected chi connectivity index (χ0v) is 11.6. The summed E-state index contributed by atoms with van der Waals surface area (Å²) in [5.41, 5.74) is 9.15. The molecular formula is C15H21N3O. The van der Waals surface area contributed by atoms with Gasteiger partial charge in [0.25, 0.3) is 0 Å². The molecule has 0 aliphatic carbocycles. The standard InChI is InChI=1S/C15H21N3O/c1-15(2,3)11-6-4-10(5-7-11)13-8-17-14(18-13)12(16)9-19/h4-8,12,19H,9,16H2,1-3H3,(H,17,18). The van der Waals surface area contributed by atoms with E-state index < -0.39 is 6.04 Å². The Labute approximate surface area is 113 Å². The van der Waals surface area contributed by atoms with E-state index in [0.717, 1.165) is 11.3 Å². The van der Waals surface area contributed by atoms with E-state index in [0.29, 0.717) is 5.82 Å². The van der Waals surface area contributed by atoms with Crippen molar-refractivity contribution in [3.63, 3.8) is 0 Å². The van der Waals surface area contributed by atoms with Crippen LogP contribution in [0.3, 0.4) is 0 Å². The van der Waals surface area contributed by atoms with Gasteiger partial charge < -0.3 is 15.8 Å². The molecule has 4 N–H and O–H groups in total. The minimum Gasteiger partial charge on any atom is -0.394 e. The lowest BCUT2D eigenvalue weighted by atomic mass is 9.86. The van der Waals surface area contributed by atoms with E-state index in [9.17, 15) is 0 Å². The Morgan fingerprint density at radius 2 is 1.89 bits per heavy atom. The molecule has 0 bridgehead atoms. The summed E-state index contributed by atoms with van der Waals surface area (Å²) in [6.45, 7) is 6.46. The smallest absolute Gasteiger partial charge is 0.125 e. The Bertz CT molecular complexity index is 537. The van der Waals surface area contributed by atoms with Crippen LogP contribution < -0.4 is 5.73 Å². The number of H-pyrrole nitrogens is 1. The second-order valence-electron chi connectivity index (χ2n) is 5.80. The highest BCUT2D eigenvalue weighted by Crippen LogP contribution is 2.25. The average molecular weight is 259 g/mol. The maximum atomic E-state index is 9.01. The molecule has 4 nitrogen and oxygen atoms in total. The monoisotopic (exact) mass is 259 g/mol. The number of aliphatic hydroxyl groups excluding tert-OH is 1. The van der Waals surface area contributed by atoms with E-state index in [1.165, 1.54) is 5.56 Å². The predicted octanol–water partition coefficient (Wildman–Crippen LogP) is 2.37. The summed E-state index contributed by atoms with van der Waals surface area (Å²) in [5, 5.41) is 9.01. The first-order chi connectivity index (χ1) is 8.91. The molecule has 0 fully saturated rings. The van der Waals surface area contributed by atoms with Crippen LogP contribution in [0, 0.1) is 0 Å². The Kier molecular flexibility index (Phi) is 3.73. The van der Waals surface area contributed by atoms with Gasteiger partial charge in [0.2, 0.25) is 0 Å². The fourth-order valence-corrected chi connectivity index (χ4v) is 1.91. The van der Waals surface area contributed by atoms with Gasteiger partial charge >= 0.3 is 0 Å². The van der Waals surface area contributed by atoms with Crippen LogP contribution in [-0.2, 0) is 5.41 Å². The van der Waals surface area contributed by atoms with Crippen molar-refractivity contribution in [2.45, 2.75) is 32.2 Å². The zero-order valence-electron chi connectivity index (χ0n) is 11.6. The van der Waals surface area contributed by atoms with Gasteiger partial charge in [-0.25, -0.2) is 4.98 Å². The van der Waals surface area contributed by atoms with Crippen LogP contribution in [0.2, 0.25) is 0 Å². The van der Waals surface area contributed by atoms with E-state index in [4.69, 9.17) is 10.8 Å². The third kappa shape index (κ3) is 3.03. The lowest BCUT2D eigenvalue weighted by Crippen LogP contribution is -2.15. The molecule has 1 atom stereocenters. The number of rotatable bonds is 3. The van der Waals surface area contributed by atoms with Gasteiger partial charge in [-0.05, 0) is 16.5 Å². The van der Waals surface area contributed by atoms with Crippen LogP contribution in [0.1, 0.15) is 38.2 Å². The summed E-state index contributed by atoms with van der Waals surface area (Å²) in [4.78, 5) is 7.34. The van der Waals surface area contributed by atoms with Crippen molar-refractivity contribution in [1.29, 1.82) is 0 Å². The Morgan fingerprint density at radius 1 is 1.26 bits per heavy atom. The Balaban J connectivity index is 2.25. The number of benzene rings is 1. The van der Waals surface area contributed by atoms with E-state index >= 15 is 0 Å². The molecule has 0 saturated heterocycles. The molecule has 102 valence electrons. The quantitative estimate of drug-likeness (QED) is 0.792. The van der Waals surface area contributed by atoms with Gasteiger partial charge in [0.1, 0.15) is 5.82 Å². The molecule has 2 aromatic rings. The van der Waals surface area contributed by atoms with Gasteiger partial charge in [-0.2, -0.15) is 0 Å². The van der Waals surface area contributed by atoms with Crippen LogP contribution in [0.15, 0.2) is 30.5 Å². The van der Waals surface area contributed by atoms with Crippen molar-refractivity contribution in [3.05, 3.63) is 41.9 Å². The summed E-state index contributed by atoms with van der Waals surface area (Å²) in [6, 6.07) is 7.94. The minimum absolute atomic E-state index is 0.115. The Hall–Kier alpha value is -1.65. The molecule has 0 amide bonds. The summed E-state index contributed by atoms with van der Waals surface area (Å²) >= 11 is 0. The molecule has 1 unspecified atom stereocenters. The van der Waals surface area contributed by atoms with Gasteiger partial charge in [0, 0.05) is 0 Å². The van der Waals surface area contributed by atoms with Crippen molar-refractivity contribution in [1.82, 2.24) is 9.97 Å². The molecule has 0 aliphatic rings. The van der Waals surface area contributed by atoms with Crippen LogP contribution in [-0.4, -0.2) is 21.7 Å². The van der Waals surface area contributed by atoms with Crippen molar-refractivity contribution >= 4 is 0 Å². The summed E-state index contributed by atoms with van der Waals surface area (Å²) in [6.07, 6.45) is 1.75. The molecule has 1 heterocycles. The van der Waals surface area contributed by atoms with Gasteiger partial charge in [0.15, 0.2) is 0 Å². The molecule has 0 saturated carbocycles. The fraction of sp³-hybridized carbons (Fsp3) is 0.400. The number of hydrogen-bond donors (Lipinski definition) is 3. The molecule has 0 aliphatic heterocycles. The second-order valence-corrected chi connectivity index (χ2v) is 5.80. The molecular weight excluding hydrogens is 238 g/mol. The van der Waals surface area contributed by atoms with E-state index in [1.807, 2.05) is 0 Å². The third-order valence-electron chi connectivity index (χ3n) is 3.21. The Morgan fingerprint density at radius 3 is 2.42 bits per heavy atom. The van der Waals surface area contributed by atoms with Crippen molar-refractivity contribution in [2.24, 2.45) is 5.73 Å². The predicted molar refractivity (Wildman–Crippen MR) is 76.7 cm³/mol. The van der Waals surface area contributed by atoms with Gasteiger partial charge in [-0.3, -0.25) is 0 Å². The molecule has 1 aromatic carbocycles. The topological polar surface area (TPSA) is 74.9 Å². The van der Waals surface area contributed by atoms with E-state index in [1.54, 1.807) is 6.20 Å². The molecule has 4 heteroatoms. The number of aromatic nitrogens is 2. The number of imidazole rings is 1. The van der Waals surface area contributed by atoms with Crippen LogP contribution in [0.5, 0.6) is 0 Å². The molecule has 1 aromatic heterocycles. The van der Waals surface area contributed by atoms with Crippen molar-refractivity contribution in [3.8, 4) is 11.3 Å². The highest BCUT2D eigenvalue weighted by atomic mass is 16.3. The first-order valence-electron chi connectivity index (χ1n) is 6.44. The molecule has 0 radical (unpaired) electrons. The molecule has 19 heavy (non-hydrogen) atoms. The molecule has 0 spiro atoms. The number of aromatic amines is 1. The third-order valence-corrected chi connectivity index (χ3v) is 3.21. The second kappa shape index (κ2) is 5.15. The van der Waals surface area contributed by atoms with Gasteiger partial charge in [-0.15, -0.1) is 0 Å². The van der Waals surface area contributed by atoms with Gasteiger partial charge in [0.05, 0.1) is 24.5 Å². The number of aliphatic hydroxyl groups is 1. The highest BCUT2D eigenvalue weighted by molar-refractivity contribution is 5.59. The SMILES string of the molecule is CC(C)(C)c1ccc(-c2cnc(C(N)CO)[nH]2)cc1. The first kappa shape index (κ1) is 13.8. The summed E-state index contributed by atoms with van der Waals surface area (Å²) < 4.78 is 0. The van der Waals surface area contributed by atoms with Crippen LogP contribution in [0.25, 0.3) is 11.3 Å².